The molecule has 0 saturated carbocycles. The largest absolute Gasteiger partial charge is 0.422 e. The molecule has 0 saturated heterocycles. The fraction of sp³-hybridized carbons (Fsp3) is 0.182. The first-order valence-electron chi connectivity index (χ1n) is 9.64. The lowest BCUT2D eigenvalue weighted by atomic mass is 10.1. The van der Waals surface area contributed by atoms with Gasteiger partial charge in [0.25, 0.3) is 0 Å². The van der Waals surface area contributed by atoms with Crippen molar-refractivity contribution in [3.05, 3.63) is 77.2 Å². The summed E-state index contributed by atoms with van der Waals surface area (Å²) in [5.41, 5.74) is 1.56. The van der Waals surface area contributed by atoms with E-state index in [0.717, 1.165) is 5.39 Å². The van der Waals surface area contributed by atoms with Crippen LogP contribution in [0.3, 0.4) is 0 Å². The van der Waals surface area contributed by atoms with Gasteiger partial charge in [-0.3, -0.25) is 4.57 Å². The molecule has 0 bridgehead atoms. The van der Waals surface area contributed by atoms with Crippen LogP contribution in [0, 0.1) is 0 Å². The summed E-state index contributed by atoms with van der Waals surface area (Å²) in [5, 5.41) is 5.28. The van der Waals surface area contributed by atoms with Crippen LogP contribution in [-0.2, 0) is 13.6 Å². The molecule has 0 spiro atoms. The predicted octanol–water partition coefficient (Wildman–Crippen LogP) is 4.54. The lowest BCUT2D eigenvalue weighted by Crippen LogP contribution is -2.13. The Morgan fingerprint density at radius 3 is 2.33 bits per heavy atom. The third kappa shape index (κ3) is 3.75. The Labute approximate surface area is 173 Å². The number of fused-ring (bicyclic) bond motifs is 1. The monoisotopic (exact) mass is 424 g/mol. The molecular weight excluding hydrogens is 403 g/mol. The molecular formula is C22H21N2O5P. The van der Waals surface area contributed by atoms with Crippen LogP contribution in [0.25, 0.3) is 27.9 Å². The summed E-state index contributed by atoms with van der Waals surface area (Å²) in [4.78, 5) is 12.8. The van der Waals surface area contributed by atoms with E-state index in [0.29, 0.717) is 22.5 Å². The summed E-state index contributed by atoms with van der Waals surface area (Å²) in [5.74, 6) is 0. The average Bonchev–Trinajstić information content (AvgIpc) is 3.20. The molecule has 2 heterocycles. The molecule has 0 atom stereocenters. The van der Waals surface area contributed by atoms with Gasteiger partial charge in [-0.05, 0) is 38.1 Å². The highest BCUT2D eigenvalue weighted by molar-refractivity contribution is 7.61. The second-order valence-corrected chi connectivity index (χ2v) is 8.42. The lowest BCUT2D eigenvalue weighted by molar-refractivity contribution is 0.229. The standard InChI is InChI=1S/C22H21N2O5P/c1-3-27-30(26,28-4-2)21-15-19(24(23-21)17-11-6-5-7-12-17)18-14-16-10-8-9-13-20(16)29-22(18)25/h5-15H,3-4H2,1-2H3. The van der Waals surface area contributed by atoms with E-state index in [2.05, 4.69) is 5.10 Å². The summed E-state index contributed by atoms with van der Waals surface area (Å²) < 4.78 is 31.3. The molecule has 0 amide bonds. The average molecular weight is 424 g/mol. The van der Waals surface area contributed by atoms with E-state index in [1.54, 1.807) is 42.8 Å². The third-order valence-electron chi connectivity index (χ3n) is 4.49. The van der Waals surface area contributed by atoms with Crippen LogP contribution in [0.1, 0.15) is 13.8 Å². The Hall–Kier alpha value is -2.99. The van der Waals surface area contributed by atoms with Crippen molar-refractivity contribution >= 4 is 24.0 Å². The summed E-state index contributed by atoms with van der Waals surface area (Å²) in [6, 6.07) is 19.8. The fourth-order valence-corrected chi connectivity index (χ4v) is 4.71. The maximum Gasteiger partial charge on any atom is 0.381 e. The Kier molecular flexibility index (Phi) is 5.68. The third-order valence-corrected chi connectivity index (χ3v) is 6.47. The molecule has 4 rings (SSSR count). The number of hydrogen-bond acceptors (Lipinski definition) is 6. The molecule has 0 aliphatic rings. The Morgan fingerprint density at radius 1 is 0.967 bits per heavy atom. The van der Waals surface area contributed by atoms with Crippen LogP contribution in [0.5, 0.6) is 0 Å². The van der Waals surface area contributed by atoms with Gasteiger partial charge >= 0.3 is 13.2 Å². The number of para-hydroxylation sites is 2. The number of nitrogens with zero attached hydrogens (tertiary/aromatic N) is 2. The van der Waals surface area contributed by atoms with Crippen molar-refractivity contribution in [2.75, 3.05) is 13.2 Å². The number of benzene rings is 2. The van der Waals surface area contributed by atoms with Crippen LogP contribution in [0.4, 0.5) is 0 Å². The summed E-state index contributed by atoms with van der Waals surface area (Å²) in [7, 11) is -3.65. The van der Waals surface area contributed by atoms with Crippen molar-refractivity contribution in [3.63, 3.8) is 0 Å². The van der Waals surface area contributed by atoms with E-state index in [1.165, 1.54) is 0 Å². The topological polar surface area (TPSA) is 83.6 Å². The zero-order valence-electron chi connectivity index (χ0n) is 16.6. The molecule has 7 nitrogen and oxygen atoms in total. The van der Waals surface area contributed by atoms with E-state index in [9.17, 15) is 9.36 Å². The highest BCUT2D eigenvalue weighted by atomic mass is 31.2. The van der Waals surface area contributed by atoms with Gasteiger partial charge in [-0.2, -0.15) is 5.10 Å². The van der Waals surface area contributed by atoms with Crippen LogP contribution < -0.4 is 11.1 Å². The molecule has 0 aliphatic carbocycles. The number of hydrogen-bond donors (Lipinski definition) is 0. The molecule has 0 unspecified atom stereocenters. The van der Waals surface area contributed by atoms with Crippen molar-refractivity contribution < 1.29 is 18.0 Å². The zero-order valence-corrected chi connectivity index (χ0v) is 17.5. The minimum Gasteiger partial charge on any atom is -0.422 e. The van der Waals surface area contributed by atoms with Crippen LogP contribution >= 0.6 is 7.60 Å². The molecule has 2 aromatic heterocycles. The Balaban J connectivity index is 1.97. The van der Waals surface area contributed by atoms with E-state index >= 15 is 0 Å². The van der Waals surface area contributed by atoms with Gasteiger partial charge in [0, 0.05) is 11.5 Å². The zero-order chi connectivity index (χ0) is 21.1. The molecule has 0 aliphatic heterocycles. The molecule has 0 fully saturated rings. The van der Waals surface area contributed by atoms with E-state index in [1.807, 2.05) is 42.5 Å². The van der Waals surface area contributed by atoms with E-state index in [-0.39, 0.29) is 18.6 Å². The Bertz CT molecular complexity index is 1270. The van der Waals surface area contributed by atoms with Gasteiger partial charge in [-0.25, -0.2) is 9.48 Å². The minimum atomic E-state index is -3.65. The first-order chi connectivity index (χ1) is 14.6. The van der Waals surface area contributed by atoms with Gasteiger partial charge < -0.3 is 13.5 Å². The molecule has 30 heavy (non-hydrogen) atoms. The number of aromatic nitrogens is 2. The molecule has 0 N–H and O–H groups in total. The van der Waals surface area contributed by atoms with Crippen LogP contribution in [-0.4, -0.2) is 23.0 Å². The van der Waals surface area contributed by atoms with Crippen molar-refractivity contribution in [1.29, 1.82) is 0 Å². The van der Waals surface area contributed by atoms with Crippen LogP contribution in [0.2, 0.25) is 0 Å². The van der Waals surface area contributed by atoms with Gasteiger partial charge in [0.2, 0.25) is 0 Å². The van der Waals surface area contributed by atoms with Gasteiger partial charge in [0.1, 0.15) is 5.58 Å². The maximum atomic E-state index is 13.3. The normalized spacial score (nSPS) is 11.8. The van der Waals surface area contributed by atoms with E-state index < -0.39 is 13.2 Å². The summed E-state index contributed by atoms with van der Waals surface area (Å²) in [6.45, 7) is 3.86. The van der Waals surface area contributed by atoms with Gasteiger partial charge in [0.15, 0.2) is 5.44 Å². The van der Waals surface area contributed by atoms with Crippen molar-refractivity contribution in [1.82, 2.24) is 9.78 Å². The lowest BCUT2D eigenvalue weighted by Gasteiger charge is -2.14. The van der Waals surface area contributed by atoms with Crippen molar-refractivity contribution in [2.45, 2.75) is 13.8 Å². The maximum absolute atomic E-state index is 13.3. The first kappa shape index (κ1) is 20.3. The fourth-order valence-electron chi connectivity index (χ4n) is 3.21. The second-order valence-electron chi connectivity index (χ2n) is 6.45. The summed E-state index contributed by atoms with van der Waals surface area (Å²) in [6.07, 6.45) is 0. The smallest absolute Gasteiger partial charge is 0.381 e. The van der Waals surface area contributed by atoms with Gasteiger partial charge in [-0.1, -0.05) is 36.4 Å². The molecule has 154 valence electrons. The highest BCUT2D eigenvalue weighted by Gasteiger charge is 2.32. The molecule has 4 aromatic rings. The first-order valence-corrected chi connectivity index (χ1v) is 11.2. The van der Waals surface area contributed by atoms with Crippen molar-refractivity contribution in [3.8, 4) is 16.9 Å². The van der Waals surface area contributed by atoms with E-state index in [4.69, 9.17) is 13.5 Å². The highest BCUT2D eigenvalue weighted by Crippen LogP contribution is 2.47. The Morgan fingerprint density at radius 2 is 1.63 bits per heavy atom. The SMILES string of the molecule is CCOP(=O)(OCC)c1cc(-c2cc3ccccc3oc2=O)n(-c2ccccc2)n1. The predicted molar refractivity (Wildman–Crippen MR) is 116 cm³/mol. The second kappa shape index (κ2) is 8.40. The van der Waals surface area contributed by atoms with Gasteiger partial charge in [0.05, 0.1) is 30.2 Å². The summed E-state index contributed by atoms with van der Waals surface area (Å²) >= 11 is 0. The molecule has 0 radical (unpaired) electrons. The molecule has 8 heteroatoms. The quantitative estimate of drug-likeness (QED) is 0.320. The minimum absolute atomic E-state index is 0.137. The molecule has 2 aromatic carbocycles. The van der Waals surface area contributed by atoms with Gasteiger partial charge in [-0.15, -0.1) is 0 Å². The van der Waals surface area contributed by atoms with Crippen LogP contribution in [0.15, 0.2) is 75.9 Å². The number of rotatable bonds is 7. The van der Waals surface area contributed by atoms with Crippen molar-refractivity contribution in [2.24, 2.45) is 0 Å².